The van der Waals surface area contributed by atoms with E-state index in [-0.39, 0.29) is 12.5 Å². The lowest BCUT2D eigenvalue weighted by molar-refractivity contribution is -0.129. The first-order valence-electron chi connectivity index (χ1n) is 8.41. The van der Waals surface area contributed by atoms with Crippen molar-refractivity contribution < 1.29 is 19.4 Å². The van der Waals surface area contributed by atoms with Crippen molar-refractivity contribution in [3.63, 3.8) is 0 Å². The fourth-order valence-electron chi connectivity index (χ4n) is 2.49. The van der Waals surface area contributed by atoms with Crippen LogP contribution in [0.3, 0.4) is 0 Å². The van der Waals surface area contributed by atoms with Crippen molar-refractivity contribution in [3.05, 3.63) is 58.6 Å². The van der Waals surface area contributed by atoms with Crippen LogP contribution in [0, 0.1) is 12.3 Å². The number of methoxy groups -OCH3 is 1. The highest BCUT2D eigenvalue weighted by atomic mass is 35.5. The molecule has 0 fully saturated rings. The quantitative estimate of drug-likeness (QED) is 0.682. The first-order chi connectivity index (χ1) is 13.0. The number of aliphatic hydroxyl groups excluding tert-OH is 1. The summed E-state index contributed by atoms with van der Waals surface area (Å²) in [5.41, 5.74) is 1.45. The second-order valence-corrected chi connectivity index (χ2v) is 6.44. The van der Waals surface area contributed by atoms with E-state index in [0.717, 1.165) is 5.56 Å². The fourth-order valence-corrected chi connectivity index (χ4v) is 2.62. The van der Waals surface area contributed by atoms with Gasteiger partial charge >= 0.3 is 0 Å². The van der Waals surface area contributed by atoms with Crippen molar-refractivity contribution in [2.75, 3.05) is 20.3 Å². The van der Waals surface area contributed by atoms with Crippen molar-refractivity contribution in [1.82, 2.24) is 5.32 Å². The summed E-state index contributed by atoms with van der Waals surface area (Å²) >= 11 is 5.82. The minimum absolute atomic E-state index is 0.00181. The number of benzene rings is 2. The number of amides is 1. The highest BCUT2D eigenvalue weighted by Gasteiger charge is 2.18. The molecule has 0 saturated carbocycles. The third kappa shape index (κ3) is 5.65. The molecule has 1 unspecified atom stereocenters. The number of hydrogen-bond donors (Lipinski definition) is 2. The predicted octanol–water partition coefficient (Wildman–Crippen LogP) is 3.31. The van der Waals surface area contributed by atoms with E-state index in [0.29, 0.717) is 28.6 Å². The summed E-state index contributed by atoms with van der Waals surface area (Å²) in [4.78, 5) is 12.2. The predicted molar refractivity (Wildman–Crippen MR) is 105 cm³/mol. The number of hydrogen-bond acceptors (Lipinski definition) is 4. The van der Waals surface area contributed by atoms with Gasteiger partial charge in [-0.3, -0.25) is 4.79 Å². The molecule has 0 aliphatic carbocycles. The summed E-state index contributed by atoms with van der Waals surface area (Å²) in [5, 5.41) is 13.5. The Kier molecular flexibility index (Phi) is 7.54. The molecule has 0 spiro atoms. The zero-order valence-corrected chi connectivity index (χ0v) is 16.0. The van der Waals surface area contributed by atoms with Crippen LogP contribution in [-0.4, -0.2) is 31.3 Å². The Hall–Kier alpha value is -2.68. The lowest BCUT2D eigenvalue weighted by Crippen LogP contribution is -2.32. The van der Waals surface area contributed by atoms with Crippen molar-refractivity contribution in [2.24, 2.45) is 0 Å². The summed E-state index contributed by atoms with van der Waals surface area (Å²) in [6.07, 6.45) is 3.96. The van der Waals surface area contributed by atoms with E-state index < -0.39 is 12.0 Å². The van der Waals surface area contributed by atoms with E-state index in [1.54, 1.807) is 37.4 Å². The van der Waals surface area contributed by atoms with Gasteiger partial charge in [0, 0.05) is 11.6 Å². The van der Waals surface area contributed by atoms with Gasteiger partial charge < -0.3 is 19.9 Å². The van der Waals surface area contributed by atoms with Gasteiger partial charge in [0.1, 0.15) is 6.61 Å². The average molecular weight is 388 g/mol. The minimum atomic E-state index is -1.25. The number of terminal acetylenes is 1. The van der Waals surface area contributed by atoms with Crippen LogP contribution in [0.15, 0.2) is 42.5 Å². The lowest BCUT2D eigenvalue weighted by atomic mass is 10.00. The van der Waals surface area contributed by atoms with E-state index in [2.05, 4.69) is 11.2 Å². The van der Waals surface area contributed by atoms with Crippen LogP contribution in [0.1, 0.15) is 30.1 Å². The molecule has 5 nitrogen and oxygen atoms in total. The fraction of sp³-hybridized carbons (Fsp3) is 0.286. The monoisotopic (exact) mass is 387 g/mol. The van der Waals surface area contributed by atoms with Gasteiger partial charge in [-0.1, -0.05) is 42.6 Å². The molecule has 2 atom stereocenters. The molecule has 2 aromatic carbocycles. The number of nitrogens with one attached hydrogen (secondary N) is 1. The maximum atomic E-state index is 12.2. The summed E-state index contributed by atoms with van der Waals surface area (Å²) in [6, 6.07) is 12.0. The molecule has 2 rings (SSSR count). The zero-order chi connectivity index (χ0) is 19.8. The van der Waals surface area contributed by atoms with Crippen molar-refractivity contribution >= 4 is 17.5 Å². The molecule has 2 N–H and O–H groups in total. The Balaban J connectivity index is 1.98. The van der Waals surface area contributed by atoms with E-state index in [4.69, 9.17) is 27.5 Å². The van der Waals surface area contributed by atoms with E-state index in [1.165, 1.54) is 0 Å². The summed E-state index contributed by atoms with van der Waals surface area (Å²) < 4.78 is 10.8. The number of carbonyl (C=O) groups is 1. The van der Waals surface area contributed by atoms with Gasteiger partial charge in [-0.2, -0.15) is 0 Å². The Morgan fingerprint density at radius 1 is 1.22 bits per heavy atom. The van der Waals surface area contributed by atoms with Crippen LogP contribution in [0.5, 0.6) is 11.5 Å². The second-order valence-electron chi connectivity index (χ2n) is 6.00. The van der Waals surface area contributed by atoms with Crippen LogP contribution < -0.4 is 14.8 Å². The van der Waals surface area contributed by atoms with Crippen molar-refractivity contribution in [3.8, 4) is 23.8 Å². The molecule has 2 aromatic rings. The van der Waals surface area contributed by atoms with Gasteiger partial charge in [0.05, 0.1) is 7.11 Å². The summed E-state index contributed by atoms with van der Waals surface area (Å²) in [7, 11) is 1.55. The average Bonchev–Trinajstić information content (AvgIpc) is 2.70. The van der Waals surface area contributed by atoms with Crippen LogP contribution in [0.2, 0.25) is 5.02 Å². The van der Waals surface area contributed by atoms with Gasteiger partial charge in [0.2, 0.25) is 0 Å². The maximum absolute atomic E-state index is 12.2. The van der Waals surface area contributed by atoms with E-state index >= 15 is 0 Å². The molecule has 0 aliphatic rings. The Bertz CT molecular complexity index is 814. The molecular formula is C21H22ClNO4. The summed E-state index contributed by atoms with van der Waals surface area (Å²) in [6.45, 7) is 2.48. The van der Waals surface area contributed by atoms with E-state index in [9.17, 15) is 9.90 Å². The molecule has 1 amide bonds. The number of halogens is 1. The third-order valence-corrected chi connectivity index (χ3v) is 4.34. The topological polar surface area (TPSA) is 67.8 Å². The summed E-state index contributed by atoms with van der Waals surface area (Å²) in [5.74, 6) is 3.08. The highest BCUT2D eigenvalue weighted by molar-refractivity contribution is 6.30. The number of rotatable bonds is 8. The van der Waals surface area contributed by atoms with Gasteiger partial charge in [-0.25, -0.2) is 0 Å². The smallest absolute Gasteiger partial charge is 0.253 e. The largest absolute Gasteiger partial charge is 0.493 e. The van der Waals surface area contributed by atoms with Gasteiger partial charge in [-0.05, 0) is 41.3 Å². The molecule has 142 valence electrons. The van der Waals surface area contributed by atoms with Crippen LogP contribution in [-0.2, 0) is 4.79 Å². The molecule has 27 heavy (non-hydrogen) atoms. The van der Waals surface area contributed by atoms with Crippen molar-refractivity contribution in [2.45, 2.75) is 18.9 Å². The Labute approximate surface area is 164 Å². The number of carbonyl (C=O) groups excluding carboxylic acids is 1. The Morgan fingerprint density at radius 2 is 1.89 bits per heavy atom. The van der Waals surface area contributed by atoms with Gasteiger partial charge in [-0.15, -0.1) is 6.42 Å². The van der Waals surface area contributed by atoms with Crippen LogP contribution in [0.25, 0.3) is 0 Å². The Morgan fingerprint density at radius 3 is 2.52 bits per heavy atom. The zero-order valence-electron chi connectivity index (χ0n) is 15.2. The molecule has 0 aliphatic heterocycles. The number of ether oxygens (including phenoxy) is 2. The minimum Gasteiger partial charge on any atom is -0.493 e. The van der Waals surface area contributed by atoms with E-state index in [1.807, 2.05) is 19.1 Å². The third-order valence-electron chi connectivity index (χ3n) is 4.08. The van der Waals surface area contributed by atoms with Gasteiger partial charge in [0.15, 0.2) is 17.6 Å². The lowest BCUT2D eigenvalue weighted by Gasteiger charge is -2.17. The van der Waals surface area contributed by atoms with Gasteiger partial charge in [0.25, 0.3) is 5.91 Å². The standard InChI is InChI=1S/C21H22ClNO4/c1-4-11-27-18-10-7-16(12-19(18)26-3)14(2)13-23-21(25)20(24)15-5-8-17(22)9-6-15/h1,5-10,12,14,20,24H,11,13H2,2-3H3,(H,23,25)/t14?,20-/m0/s1. The molecule has 0 saturated heterocycles. The highest BCUT2D eigenvalue weighted by Crippen LogP contribution is 2.30. The first kappa shape index (κ1) is 20.6. The first-order valence-corrected chi connectivity index (χ1v) is 8.79. The SMILES string of the molecule is C#CCOc1ccc(C(C)CNC(=O)[C@@H](O)c2ccc(Cl)cc2)cc1OC. The normalized spacial score (nSPS) is 12.6. The molecule has 0 radical (unpaired) electrons. The number of aliphatic hydroxyl groups is 1. The van der Waals surface area contributed by atoms with Crippen LogP contribution in [0.4, 0.5) is 0 Å². The molecular weight excluding hydrogens is 366 g/mol. The molecule has 0 bridgehead atoms. The molecule has 0 aromatic heterocycles. The second kappa shape index (κ2) is 9.86. The van der Waals surface area contributed by atoms with Crippen LogP contribution >= 0.6 is 11.6 Å². The molecule has 0 heterocycles. The van der Waals surface area contributed by atoms with Crippen molar-refractivity contribution in [1.29, 1.82) is 0 Å². The molecule has 6 heteroatoms. The maximum Gasteiger partial charge on any atom is 0.253 e.